The molecule has 2 heterocycles. The molecule has 33 heavy (non-hydrogen) atoms. The van der Waals surface area contributed by atoms with Gasteiger partial charge >= 0.3 is 0 Å². The van der Waals surface area contributed by atoms with E-state index in [1.807, 2.05) is 0 Å². The van der Waals surface area contributed by atoms with Crippen LogP contribution in [0.5, 0.6) is 0 Å². The maximum atomic E-state index is 10.5. The lowest BCUT2D eigenvalue weighted by atomic mass is 9.72. The maximum Gasteiger partial charge on any atom is 0.128 e. The van der Waals surface area contributed by atoms with E-state index < -0.39 is 6.23 Å². The van der Waals surface area contributed by atoms with Crippen LogP contribution in [0, 0.1) is 23.2 Å². The molecule has 8 nitrogen and oxygen atoms in total. The highest BCUT2D eigenvalue weighted by molar-refractivity contribution is 5.12. The molecule has 8 heteroatoms. The molecule has 6 aliphatic rings. The molecule has 4 aliphatic carbocycles. The highest BCUT2D eigenvalue weighted by Gasteiger charge is 2.61. The number of rotatable bonds is 8. The Morgan fingerprint density at radius 3 is 2.61 bits per heavy atom. The third-order valence-corrected chi connectivity index (χ3v) is 9.82. The van der Waals surface area contributed by atoms with Crippen LogP contribution < -0.4 is 27.4 Å². The summed E-state index contributed by atoms with van der Waals surface area (Å²) in [6.45, 7) is 2.17. The van der Waals surface area contributed by atoms with Gasteiger partial charge in [0, 0.05) is 30.1 Å². The van der Waals surface area contributed by atoms with E-state index in [0.29, 0.717) is 60.7 Å². The van der Waals surface area contributed by atoms with Crippen LogP contribution in [-0.2, 0) is 4.74 Å². The van der Waals surface area contributed by atoms with Crippen LogP contribution in [-0.4, -0.2) is 72.6 Å². The van der Waals surface area contributed by atoms with Gasteiger partial charge in [0.05, 0.1) is 18.9 Å². The molecule has 0 amide bonds. The number of nitrogens with two attached hydrogens (primary N) is 2. The van der Waals surface area contributed by atoms with Gasteiger partial charge in [-0.3, -0.25) is 10.6 Å². The molecule has 4 saturated carbocycles. The summed E-state index contributed by atoms with van der Waals surface area (Å²) < 4.78 is 6.62. The molecule has 6 rings (SSSR count). The Kier molecular flexibility index (Phi) is 6.50. The van der Waals surface area contributed by atoms with Gasteiger partial charge in [-0.1, -0.05) is 6.42 Å². The highest BCUT2D eigenvalue weighted by Crippen LogP contribution is 2.55. The van der Waals surface area contributed by atoms with Crippen molar-refractivity contribution in [2.75, 3.05) is 19.7 Å². The number of fused-ring (bicyclic) bond motifs is 4. The minimum absolute atomic E-state index is 0.0705. The Labute approximate surface area is 198 Å². The van der Waals surface area contributed by atoms with Crippen LogP contribution in [0.2, 0.25) is 0 Å². The van der Waals surface area contributed by atoms with Crippen molar-refractivity contribution in [3.8, 4) is 0 Å². The smallest absolute Gasteiger partial charge is 0.128 e. The first kappa shape index (κ1) is 23.1. The van der Waals surface area contributed by atoms with Gasteiger partial charge in [0.2, 0.25) is 0 Å². The van der Waals surface area contributed by atoms with E-state index in [0.717, 1.165) is 25.8 Å². The predicted octanol–water partition coefficient (Wildman–Crippen LogP) is 0.601. The zero-order chi connectivity index (χ0) is 22.6. The van der Waals surface area contributed by atoms with Crippen molar-refractivity contribution in [1.29, 1.82) is 0 Å². The van der Waals surface area contributed by atoms with E-state index in [-0.39, 0.29) is 12.3 Å². The SMILES string of the molecule is NCC1CC(NC2N3C(NCC24CC4)C2CCCC(C2)C3OCC(O)NC2CC2)CCC1N. The fraction of sp³-hybridized carbons (Fsp3) is 1.00. The summed E-state index contributed by atoms with van der Waals surface area (Å²) in [7, 11) is 0. The van der Waals surface area contributed by atoms with Gasteiger partial charge in [0.1, 0.15) is 12.5 Å². The third-order valence-electron chi connectivity index (χ3n) is 9.82. The topological polar surface area (TPSA) is 121 Å². The van der Waals surface area contributed by atoms with Crippen molar-refractivity contribution < 1.29 is 9.84 Å². The lowest BCUT2D eigenvalue weighted by Crippen LogP contribution is -2.75. The number of aliphatic hydroxyl groups excluding tert-OH is 1. The number of hydrogen-bond donors (Lipinski definition) is 6. The molecule has 8 N–H and O–H groups in total. The minimum Gasteiger partial charge on any atom is -0.376 e. The number of aliphatic hydroxyl groups is 1. The normalized spacial score (nSPS) is 45.5. The van der Waals surface area contributed by atoms with Crippen molar-refractivity contribution >= 4 is 0 Å². The molecule has 1 spiro atoms. The fourth-order valence-corrected chi connectivity index (χ4v) is 7.55. The Morgan fingerprint density at radius 1 is 1.06 bits per heavy atom. The minimum atomic E-state index is -0.568. The monoisotopic (exact) mass is 462 g/mol. The molecule has 0 aromatic carbocycles. The fourth-order valence-electron chi connectivity index (χ4n) is 7.55. The second-order valence-corrected chi connectivity index (χ2v) is 12.2. The van der Waals surface area contributed by atoms with E-state index >= 15 is 0 Å². The van der Waals surface area contributed by atoms with Crippen LogP contribution >= 0.6 is 0 Å². The van der Waals surface area contributed by atoms with Crippen LogP contribution in [0.4, 0.5) is 0 Å². The summed E-state index contributed by atoms with van der Waals surface area (Å²) in [4.78, 5) is 2.70. The van der Waals surface area contributed by atoms with Crippen molar-refractivity contribution in [2.45, 2.75) is 114 Å². The van der Waals surface area contributed by atoms with E-state index in [2.05, 4.69) is 20.9 Å². The quantitative estimate of drug-likeness (QED) is 0.290. The van der Waals surface area contributed by atoms with Crippen LogP contribution in [0.1, 0.15) is 70.6 Å². The third kappa shape index (κ3) is 4.62. The standard InChI is InChI=1S/C25H46N6O2/c26-12-17-11-19(6-7-20(17)27)30-24-25(8-9-25)14-28-22-15-2-1-3-16(10-15)23(31(22)24)33-13-21(32)29-18-4-5-18/h15-24,28-30,32H,1-14,26-27H2. The van der Waals surface area contributed by atoms with Crippen molar-refractivity contribution in [3.05, 3.63) is 0 Å². The number of nitrogens with one attached hydrogen (secondary N) is 3. The van der Waals surface area contributed by atoms with E-state index in [1.54, 1.807) is 0 Å². The van der Waals surface area contributed by atoms with E-state index in [1.165, 1.54) is 51.4 Å². The average molecular weight is 463 g/mol. The lowest BCUT2D eigenvalue weighted by Gasteiger charge is -2.60. The van der Waals surface area contributed by atoms with Gasteiger partial charge in [-0.15, -0.1) is 0 Å². The Bertz CT molecular complexity index is 688. The van der Waals surface area contributed by atoms with Crippen LogP contribution in [0.15, 0.2) is 0 Å². The molecular weight excluding hydrogens is 416 g/mol. The molecular formula is C25H46N6O2. The average Bonchev–Trinajstić information content (AvgIpc) is 3.75. The van der Waals surface area contributed by atoms with Gasteiger partial charge < -0.3 is 26.6 Å². The lowest BCUT2D eigenvalue weighted by molar-refractivity contribution is -0.223. The van der Waals surface area contributed by atoms with Crippen molar-refractivity contribution in [1.82, 2.24) is 20.9 Å². The maximum absolute atomic E-state index is 10.5. The molecule has 0 radical (unpaired) electrons. The summed E-state index contributed by atoms with van der Waals surface area (Å²) in [6.07, 6.45) is 13.5. The first-order valence-corrected chi connectivity index (χ1v) is 13.8. The zero-order valence-electron chi connectivity index (χ0n) is 20.1. The molecule has 6 fully saturated rings. The van der Waals surface area contributed by atoms with Gasteiger partial charge in [-0.2, -0.15) is 0 Å². The summed E-state index contributed by atoms with van der Waals surface area (Å²) in [6, 6.07) is 1.20. The van der Waals surface area contributed by atoms with Gasteiger partial charge in [0.25, 0.3) is 0 Å². The summed E-state index contributed by atoms with van der Waals surface area (Å²) in [5.41, 5.74) is 12.8. The van der Waals surface area contributed by atoms with Crippen molar-refractivity contribution in [3.63, 3.8) is 0 Å². The predicted molar refractivity (Wildman–Crippen MR) is 128 cm³/mol. The molecule has 2 aliphatic heterocycles. The van der Waals surface area contributed by atoms with Crippen LogP contribution in [0.25, 0.3) is 0 Å². The molecule has 9 atom stereocenters. The zero-order valence-corrected chi connectivity index (χ0v) is 20.1. The van der Waals surface area contributed by atoms with Crippen LogP contribution in [0.3, 0.4) is 0 Å². The number of ether oxygens (including phenoxy) is 1. The largest absolute Gasteiger partial charge is 0.376 e. The summed E-state index contributed by atoms with van der Waals surface area (Å²) >= 11 is 0. The number of nitrogens with zero attached hydrogens (tertiary/aromatic N) is 1. The molecule has 0 aromatic rings. The molecule has 2 saturated heterocycles. The summed E-state index contributed by atoms with van der Waals surface area (Å²) in [5.74, 6) is 1.68. The van der Waals surface area contributed by atoms with Gasteiger partial charge in [-0.05, 0) is 88.5 Å². The van der Waals surface area contributed by atoms with E-state index in [9.17, 15) is 5.11 Å². The van der Waals surface area contributed by atoms with Gasteiger partial charge in [0.15, 0.2) is 0 Å². The summed E-state index contributed by atoms with van der Waals surface area (Å²) in [5, 5.41) is 22.0. The Balaban J connectivity index is 1.21. The molecule has 9 unspecified atom stereocenters. The van der Waals surface area contributed by atoms with Gasteiger partial charge in [-0.25, -0.2) is 4.90 Å². The second kappa shape index (κ2) is 9.28. The first-order valence-electron chi connectivity index (χ1n) is 13.8. The highest BCUT2D eigenvalue weighted by atomic mass is 16.5. The molecule has 0 aromatic heterocycles. The van der Waals surface area contributed by atoms with E-state index in [4.69, 9.17) is 16.2 Å². The Hall–Kier alpha value is -0.320. The second-order valence-electron chi connectivity index (χ2n) is 12.2. The number of piperidine rings is 1. The number of hydrogen-bond acceptors (Lipinski definition) is 8. The first-order chi connectivity index (χ1) is 16.1. The molecule has 2 bridgehead atoms. The van der Waals surface area contributed by atoms with Crippen molar-refractivity contribution in [2.24, 2.45) is 34.6 Å². The Morgan fingerprint density at radius 2 is 1.85 bits per heavy atom. The molecule has 188 valence electrons.